The maximum atomic E-state index is 12.1. The number of hydrogen-bond donors (Lipinski definition) is 5. The lowest BCUT2D eigenvalue weighted by atomic mass is 9.97. The van der Waals surface area contributed by atoms with Crippen LogP contribution in [0.5, 0.6) is 0 Å². The summed E-state index contributed by atoms with van der Waals surface area (Å²) in [6, 6.07) is -0.581. The van der Waals surface area contributed by atoms with Gasteiger partial charge in [-0.1, -0.05) is 20.3 Å². The Morgan fingerprint density at radius 1 is 0.967 bits per heavy atom. The van der Waals surface area contributed by atoms with Crippen LogP contribution in [-0.4, -0.2) is 65.6 Å². The first kappa shape index (κ1) is 28.1. The van der Waals surface area contributed by atoms with Gasteiger partial charge in [-0.3, -0.25) is 9.59 Å². The SMILES string of the molecule is CC(C)C[C@H](NC(=O)OC(C)(C)C)[C@@H](O)CC(=O)NCCCCCC(=O)NCCO. The van der Waals surface area contributed by atoms with E-state index < -0.39 is 23.8 Å². The molecule has 0 spiro atoms. The van der Waals surface area contributed by atoms with Crippen molar-refractivity contribution in [1.29, 1.82) is 0 Å². The molecule has 0 aromatic carbocycles. The van der Waals surface area contributed by atoms with Crippen LogP contribution in [0.2, 0.25) is 0 Å². The van der Waals surface area contributed by atoms with E-state index >= 15 is 0 Å². The van der Waals surface area contributed by atoms with Gasteiger partial charge in [-0.05, 0) is 46.0 Å². The first-order valence-electron chi connectivity index (χ1n) is 10.8. The Bertz CT molecular complexity index is 519. The number of nitrogens with one attached hydrogen (secondary N) is 3. The van der Waals surface area contributed by atoms with Crippen LogP contribution in [0, 0.1) is 5.92 Å². The highest BCUT2D eigenvalue weighted by atomic mass is 16.6. The molecule has 0 aliphatic rings. The van der Waals surface area contributed by atoms with Gasteiger partial charge in [-0.25, -0.2) is 4.79 Å². The van der Waals surface area contributed by atoms with Crippen LogP contribution in [0.1, 0.15) is 73.1 Å². The minimum absolute atomic E-state index is 0.0745. The first-order valence-corrected chi connectivity index (χ1v) is 10.8. The summed E-state index contributed by atoms with van der Waals surface area (Å²) in [4.78, 5) is 35.5. The lowest BCUT2D eigenvalue weighted by Crippen LogP contribution is -2.47. The van der Waals surface area contributed by atoms with E-state index in [1.807, 2.05) is 13.8 Å². The second-order valence-corrected chi connectivity index (χ2v) is 8.89. The number of aliphatic hydroxyl groups excluding tert-OH is 2. The molecule has 0 saturated heterocycles. The molecule has 176 valence electrons. The van der Waals surface area contributed by atoms with E-state index in [1.54, 1.807) is 20.8 Å². The molecule has 9 heteroatoms. The summed E-state index contributed by atoms with van der Waals surface area (Å²) in [5, 5.41) is 27.1. The van der Waals surface area contributed by atoms with E-state index in [4.69, 9.17) is 9.84 Å². The summed E-state index contributed by atoms with van der Waals surface area (Å²) in [6.07, 6.45) is 1.37. The molecule has 0 aromatic heterocycles. The maximum absolute atomic E-state index is 12.1. The Kier molecular flexibility index (Phi) is 14.1. The summed E-state index contributed by atoms with van der Waals surface area (Å²) in [6.45, 7) is 9.87. The fourth-order valence-corrected chi connectivity index (χ4v) is 2.78. The molecule has 0 fully saturated rings. The zero-order valence-corrected chi connectivity index (χ0v) is 19.1. The Labute approximate surface area is 180 Å². The number of aliphatic hydroxyl groups is 2. The number of ether oxygens (including phenoxy) is 1. The van der Waals surface area contributed by atoms with Crippen molar-refractivity contribution in [3.05, 3.63) is 0 Å². The van der Waals surface area contributed by atoms with Crippen LogP contribution < -0.4 is 16.0 Å². The van der Waals surface area contributed by atoms with Crippen molar-refractivity contribution in [2.75, 3.05) is 19.7 Å². The van der Waals surface area contributed by atoms with Gasteiger partial charge in [-0.15, -0.1) is 0 Å². The minimum atomic E-state index is -1.02. The van der Waals surface area contributed by atoms with Crippen LogP contribution in [0.4, 0.5) is 4.79 Å². The van der Waals surface area contributed by atoms with Gasteiger partial charge < -0.3 is 30.9 Å². The molecule has 0 rings (SSSR count). The number of hydrogen-bond acceptors (Lipinski definition) is 6. The van der Waals surface area contributed by atoms with Gasteiger partial charge >= 0.3 is 6.09 Å². The molecule has 30 heavy (non-hydrogen) atoms. The minimum Gasteiger partial charge on any atom is -0.444 e. The summed E-state index contributed by atoms with van der Waals surface area (Å²) >= 11 is 0. The molecule has 2 atom stereocenters. The average Bonchev–Trinajstić information content (AvgIpc) is 2.60. The number of rotatable bonds is 14. The highest BCUT2D eigenvalue weighted by Crippen LogP contribution is 2.13. The fourth-order valence-electron chi connectivity index (χ4n) is 2.78. The van der Waals surface area contributed by atoms with Gasteiger partial charge in [-0.2, -0.15) is 0 Å². The van der Waals surface area contributed by atoms with Crippen molar-refractivity contribution in [2.24, 2.45) is 5.92 Å². The predicted octanol–water partition coefficient (Wildman–Crippen LogP) is 1.46. The van der Waals surface area contributed by atoms with Crippen LogP contribution in [-0.2, 0) is 14.3 Å². The predicted molar refractivity (Wildman–Crippen MR) is 115 cm³/mol. The van der Waals surface area contributed by atoms with E-state index in [9.17, 15) is 19.5 Å². The molecule has 0 aromatic rings. The Hall–Kier alpha value is -1.87. The molecule has 0 saturated carbocycles. The largest absolute Gasteiger partial charge is 0.444 e. The van der Waals surface area contributed by atoms with Crippen LogP contribution in [0.25, 0.3) is 0 Å². The molecule has 5 N–H and O–H groups in total. The zero-order chi connectivity index (χ0) is 23.2. The zero-order valence-electron chi connectivity index (χ0n) is 19.1. The summed E-state index contributed by atoms with van der Waals surface area (Å²) in [5.41, 5.74) is -0.645. The van der Waals surface area contributed by atoms with Gasteiger partial charge in [0, 0.05) is 19.5 Å². The third-order valence-corrected chi connectivity index (χ3v) is 4.12. The number of unbranched alkanes of at least 4 members (excludes halogenated alkanes) is 2. The number of carbonyl (C=O) groups excluding carboxylic acids is 3. The van der Waals surface area contributed by atoms with E-state index in [2.05, 4.69) is 16.0 Å². The van der Waals surface area contributed by atoms with Crippen LogP contribution >= 0.6 is 0 Å². The van der Waals surface area contributed by atoms with E-state index in [1.165, 1.54) is 0 Å². The molecule has 0 heterocycles. The smallest absolute Gasteiger partial charge is 0.407 e. The molecular formula is C21H41N3O6. The molecule has 0 bridgehead atoms. The van der Waals surface area contributed by atoms with Gasteiger partial charge in [0.1, 0.15) is 5.60 Å². The summed E-state index contributed by atoms with van der Waals surface area (Å²) in [5.74, 6) is -0.162. The molecule has 9 nitrogen and oxygen atoms in total. The van der Waals surface area contributed by atoms with E-state index in [-0.39, 0.29) is 37.3 Å². The molecule has 3 amide bonds. The van der Waals surface area contributed by atoms with Gasteiger partial charge in [0.2, 0.25) is 11.8 Å². The highest BCUT2D eigenvalue weighted by molar-refractivity contribution is 5.77. The number of carbonyl (C=O) groups is 3. The van der Waals surface area contributed by atoms with Crippen molar-refractivity contribution in [2.45, 2.75) is 90.9 Å². The Morgan fingerprint density at radius 2 is 1.60 bits per heavy atom. The third kappa shape index (κ3) is 16.0. The highest BCUT2D eigenvalue weighted by Gasteiger charge is 2.26. The summed E-state index contributed by atoms with van der Waals surface area (Å²) in [7, 11) is 0. The molecule has 0 unspecified atom stereocenters. The van der Waals surface area contributed by atoms with Crippen molar-refractivity contribution in [3.63, 3.8) is 0 Å². The number of amides is 3. The van der Waals surface area contributed by atoms with Crippen molar-refractivity contribution < 1.29 is 29.3 Å². The van der Waals surface area contributed by atoms with Crippen LogP contribution in [0.3, 0.4) is 0 Å². The van der Waals surface area contributed by atoms with E-state index in [0.717, 1.165) is 12.8 Å². The van der Waals surface area contributed by atoms with E-state index in [0.29, 0.717) is 25.8 Å². The van der Waals surface area contributed by atoms with Crippen molar-refractivity contribution >= 4 is 17.9 Å². The Morgan fingerprint density at radius 3 is 2.17 bits per heavy atom. The second kappa shape index (κ2) is 15.0. The average molecular weight is 432 g/mol. The van der Waals surface area contributed by atoms with Gasteiger partial charge in [0.25, 0.3) is 0 Å². The normalized spacial score (nSPS) is 13.5. The topological polar surface area (TPSA) is 137 Å². The molecule has 0 aliphatic heterocycles. The molecule has 0 radical (unpaired) electrons. The van der Waals surface area contributed by atoms with Crippen molar-refractivity contribution in [1.82, 2.24) is 16.0 Å². The van der Waals surface area contributed by atoms with Crippen molar-refractivity contribution in [3.8, 4) is 0 Å². The fraction of sp³-hybridized carbons (Fsp3) is 0.857. The van der Waals surface area contributed by atoms with Gasteiger partial charge in [0.15, 0.2) is 0 Å². The quantitative estimate of drug-likeness (QED) is 0.264. The lowest BCUT2D eigenvalue weighted by molar-refractivity contribution is -0.123. The standard InChI is InChI=1S/C21H41N3O6/c1-15(2)13-16(24-20(29)30-21(3,4)5)17(26)14-19(28)22-10-8-6-7-9-18(27)23-11-12-25/h15-17,25-26H,6-14H2,1-5H3,(H,22,28)(H,23,27)(H,24,29)/t16-,17-/m0/s1. The van der Waals surface area contributed by atoms with Crippen LogP contribution in [0.15, 0.2) is 0 Å². The van der Waals surface area contributed by atoms with Gasteiger partial charge in [0.05, 0.1) is 25.2 Å². The lowest BCUT2D eigenvalue weighted by Gasteiger charge is -2.27. The first-order chi connectivity index (χ1) is 13.9. The summed E-state index contributed by atoms with van der Waals surface area (Å²) < 4.78 is 5.24. The molecule has 0 aliphatic carbocycles. The third-order valence-electron chi connectivity index (χ3n) is 4.12. The monoisotopic (exact) mass is 431 g/mol. The molecular weight excluding hydrogens is 390 g/mol. The maximum Gasteiger partial charge on any atom is 0.407 e. The number of alkyl carbamates (subject to hydrolysis) is 1. The Balaban J connectivity index is 4.25. The second-order valence-electron chi connectivity index (χ2n) is 8.89.